The lowest BCUT2D eigenvalue weighted by Gasteiger charge is -2.50. The molecule has 0 radical (unpaired) electrons. The van der Waals surface area contributed by atoms with Crippen LogP contribution in [0.5, 0.6) is 0 Å². The van der Waals surface area contributed by atoms with Gasteiger partial charge in [-0.1, -0.05) is 26.3 Å². The van der Waals surface area contributed by atoms with Crippen molar-refractivity contribution in [1.29, 1.82) is 0 Å². The van der Waals surface area contributed by atoms with Crippen molar-refractivity contribution >= 4 is 11.6 Å². The topological polar surface area (TPSA) is 34.1 Å². The predicted octanol–water partition coefficient (Wildman–Crippen LogP) is 3.41. The second kappa shape index (κ2) is 4.57. The smallest absolute Gasteiger partial charge is 0.155 e. The standard InChI is InChI=1S/C17H24O2/c1-9-10(2)17(19)11(3)14-7-5-12-4-6-13(18)8-15(12)16(9)14/h8-12,14,16H,4-7H2,1-3H3. The van der Waals surface area contributed by atoms with E-state index < -0.39 is 0 Å². The fourth-order valence-electron chi connectivity index (χ4n) is 4.81. The molecule has 0 aromatic carbocycles. The number of ketones is 2. The Hall–Kier alpha value is -0.920. The summed E-state index contributed by atoms with van der Waals surface area (Å²) in [4.78, 5) is 24.1. The second-order valence-corrected chi connectivity index (χ2v) is 6.95. The van der Waals surface area contributed by atoms with Gasteiger partial charge in [-0.05, 0) is 49.0 Å². The van der Waals surface area contributed by atoms with Crippen LogP contribution in [0.25, 0.3) is 0 Å². The van der Waals surface area contributed by atoms with Crippen molar-refractivity contribution in [3.05, 3.63) is 11.6 Å². The van der Waals surface area contributed by atoms with Gasteiger partial charge in [0.2, 0.25) is 0 Å². The summed E-state index contributed by atoms with van der Waals surface area (Å²) in [5.74, 6) is 3.04. The number of hydrogen-bond donors (Lipinski definition) is 0. The van der Waals surface area contributed by atoms with Crippen LogP contribution in [0.4, 0.5) is 0 Å². The minimum absolute atomic E-state index is 0.146. The number of rotatable bonds is 0. The fraction of sp³-hybridized carbons (Fsp3) is 0.765. The highest BCUT2D eigenvalue weighted by molar-refractivity contribution is 5.91. The predicted molar refractivity (Wildman–Crippen MR) is 74.5 cm³/mol. The molecule has 0 aromatic heterocycles. The summed E-state index contributed by atoms with van der Waals surface area (Å²) in [6.07, 6.45) is 6.06. The Labute approximate surface area is 115 Å². The van der Waals surface area contributed by atoms with Crippen LogP contribution < -0.4 is 0 Å². The lowest BCUT2D eigenvalue weighted by atomic mass is 9.53. The van der Waals surface area contributed by atoms with Crippen LogP contribution in [0.3, 0.4) is 0 Å². The van der Waals surface area contributed by atoms with E-state index in [4.69, 9.17) is 0 Å². The van der Waals surface area contributed by atoms with Crippen molar-refractivity contribution in [2.75, 3.05) is 0 Å². The van der Waals surface area contributed by atoms with E-state index in [-0.39, 0.29) is 11.8 Å². The molecular weight excluding hydrogens is 236 g/mol. The molecule has 6 atom stereocenters. The van der Waals surface area contributed by atoms with Crippen LogP contribution in [0.15, 0.2) is 11.6 Å². The summed E-state index contributed by atoms with van der Waals surface area (Å²) in [6, 6.07) is 0. The van der Waals surface area contributed by atoms with Crippen LogP contribution >= 0.6 is 0 Å². The SMILES string of the molecule is CC1C(=O)C(C)C2CCC3CCC(=O)C=C3C2C1C. The third-order valence-corrected chi connectivity index (χ3v) is 6.13. The van der Waals surface area contributed by atoms with Gasteiger partial charge in [0.1, 0.15) is 5.78 Å². The van der Waals surface area contributed by atoms with Gasteiger partial charge in [0.15, 0.2) is 5.78 Å². The van der Waals surface area contributed by atoms with E-state index in [1.54, 1.807) is 0 Å². The van der Waals surface area contributed by atoms with Crippen molar-refractivity contribution in [2.45, 2.75) is 46.5 Å². The first-order valence-electron chi connectivity index (χ1n) is 7.78. The van der Waals surface area contributed by atoms with E-state index in [1.807, 2.05) is 6.08 Å². The van der Waals surface area contributed by atoms with Gasteiger partial charge in [-0.3, -0.25) is 9.59 Å². The molecule has 2 heteroatoms. The van der Waals surface area contributed by atoms with Crippen molar-refractivity contribution in [3.63, 3.8) is 0 Å². The maximum Gasteiger partial charge on any atom is 0.155 e. The van der Waals surface area contributed by atoms with Gasteiger partial charge >= 0.3 is 0 Å². The molecule has 3 aliphatic rings. The number of Topliss-reactive ketones (excluding diaryl/α,β-unsaturated/α-hetero) is 1. The molecule has 104 valence electrons. The number of allylic oxidation sites excluding steroid dienone is 2. The molecule has 2 saturated carbocycles. The van der Waals surface area contributed by atoms with Crippen molar-refractivity contribution in [2.24, 2.45) is 35.5 Å². The van der Waals surface area contributed by atoms with Gasteiger partial charge in [0, 0.05) is 18.3 Å². The molecule has 6 unspecified atom stereocenters. The molecule has 0 aromatic rings. The lowest BCUT2D eigenvalue weighted by Crippen LogP contribution is -2.48. The number of hydrogen-bond acceptors (Lipinski definition) is 2. The van der Waals surface area contributed by atoms with Gasteiger partial charge < -0.3 is 0 Å². The first-order chi connectivity index (χ1) is 9.00. The maximum absolute atomic E-state index is 12.3. The van der Waals surface area contributed by atoms with Gasteiger partial charge in [-0.15, -0.1) is 0 Å². The van der Waals surface area contributed by atoms with E-state index >= 15 is 0 Å². The first kappa shape index (κ1) is 13.1. The normalized spacial score (nSPS) is 46.4. The Morgan fingerprint density at radius 3 is 2.47 bits per heavy atom. The molecule has 3 rings (SSSR count). The average Bonchev–Trinajstić information content (AvgIpc) is 2.41. The van der Waals surface area contributed by atoms with E-state index in [1.165, 1.54) is 18.4 Å². The Kier molecular flexibility index (Phi) is 3.15. The molecule has 19 heavy (non-hydrogen) atoms. The van der Waals surface area contributed by atoms with E-state index in [9.17, 15) is 9.59 Å². The molecule has 0 heterocycles. The molecule has 2 nitrogen and oxygen atoms in total. The molecule has 0 saturated heterocycles. The van der Waals surface area contributed by atoms with Crippen LogP contribution in [-0.2, 0) is 9.59 Å². The molecule has 0 amide bonds. The van der Waals surface area contributed by atoms with Crippen LogP contribution in [0.1, 0.15) is 46.5 Å². The lowest BCUT2D eigenvalue weighted by molar-refractivity contribution is -0.136. The second-order valence-electron chi connectivity index (χ2n) is 6.95. The molecule has 0 N–H and O–H groups in total. The van der Waals surface area contributed by atoms with E-state index in [0.29, 0.717) is 35.2 Å². The third-order valence-electron chi connectivity index (χ3n) is 6.13. The maximum atomic E-state index is 12.3. The Morgan fingerprint density at radius 2 is 1.74 bits per heavy atom. The highest BCUT2D eigenvalue weighted by Gasteiger charge is 2.49. The average molecular weight is 260 g/mol. The van der Waals surface area contributed by atoms with Crippen LogP contribution in [0.2, 0.25) is 0 Å². The van der Waals surface area contributed by atoms with Gasteiger partial charge in [-0.2, -0.15) is 0 Å². The highest BCUT2D eigenvalue weighted by atomic mass is 16.1. The number of carbonyl (C=O) groups is 2. The number of fused-ring (bicyclic) bond motifs is 3. The summed E-state index contributed by atoms with van der Waals surface area (Å²) >= 11 is 0. The zero-order chi connectivity index (χ0) is 13.7. The molecule has 0 spiro atoms. The van der Waals surface area contributed by atoms with Crippen LogP contribution in [0, 0.1) is 35.5 Å². The monoisotopic (exact) mass is 260 g/mol. The molecular formula is C17H24O2. The van der Waals surface area contributed by atoms with Crippen molar-refractivity contribution < 1.29 is 9.59 Å². The summed E-state index contributed by atoms with van der Waals surface area (Å²) < 4.78 is 0. The van der Waals surface area contributed by atoms with E-state index in [0.717, 1.165) is 12.8 Å². The summed E-state index contributed by atoms with van der Waals surface area (Å²) in [7, 11) is 0. The van der Waals surface area contributed by atoms with E-state index in [2.05, 4.69) is 20.8 Å². The molecule has 2 fully saturated rings. The molecule has 0 bridgehead atoms. The quantitative estimate of drug-likeness (QED) is 0.669. The first-order valence-corrected chi connectivity index (χ1v) is 7.78. The van der Waals surface area contributed by atoms with Crippen molar-refractivity contribution in [3.8, 4) is 0 Å². The van der Waals surface area contributed by atoms with Crippen LogP contribution in [-0.4, -0.2) is 11.6 Å². The van der Waals surface area contributed by atoms with Gasteiger partial charge in [0.05, 0.1) is 0 Å². The highest BCUT2D eigenvalue weighted by Crippen LogP contribution is 2.53. The zero-order valence-corrected chi connectivity index (χ0v) is 12.2. The Balaban J connectivity index is 2.00. The number of carbonyl (C=O) groups excluding carboxylic acids is 2. The third kappa shape index (κ3) is 1.91. The minimum Gasteiger partial charge on any atom is -0.299 e. The minimum atomic E-state index is 0.146. The molecule has 3 aliphatic carbocycles. The fourth-order valence-corrected chi connectivity index (χ4v) is 4.81. The van der Waals surface area contributed by atoms with Crippen molar-refractivity contribution in [1.82, 2.24) is 0 Å². The largest absolute Gasteiger partial charge is 0.299 e. The Bertz CT molecular complexity index is 448. The van der Waals surface area contributed by atoms with Gasteiger partial charge in [0.25, 0.3) is 0 Å². The summed E-state index contributed by atoms with van der Waals surface area (Å²) in [5.41, 5.74) is 1.39. The molecule has 0 aliphatic heterocycles. The van der Waals surface area contributed by atoms with Gasteiger partial charge in [-0.25, -0.2) is 0 Å². The summed E-state index contributed by atoms with van der Waals surface area (Å²) in [6.45, 7) is 6.40. The summed E-state index contributed by atoms with van der Waals surface area (Å²) in [5, 5.41) is 0. The zero-order valence-electron chi connectivity index (χ0n) is 12.2. The Morgan fingerprint density at radius 1 is 1.00 bits per heavy atom.